The van der Waals surface area contributed by atoms with Gasteiger partial charge in [0, 0.05) is 36.4 Å². The molecule has 1 unspecified atom stereocenters. The van der Waals surface area contributed by atoms with Crippen molar-refractivity contribution in [3.05, 3.63) is 12.2 Å². The van der Waals surface area contributed by atoms with Gasteiger partial charge >= 0.3 is 0 Å². The molecule has 0 aromatic heterocycles. The van der Waals surface area contributed by atoms with E-state index < -0.39 is 0 Å². The van der Waals surface area contributed by atoms with Crippen LogP contribution in [0, 0.1) is 22.2 Å². The Balaban J connectivity index is 0. The highest BCUT2D eigenvalue weighted by molar-refractivity contribution is 5.81. The van der Waals surface area contributed by atoms with Crippen molar-refractivity contribution in [2.75, 3.05) is 19.7 Å². The SMILES string of the molecule is CC(C)(C)C.CCC/C=C\CCCCC(C)(C)C(=O)NCC(C)(C)CONC(C)CNC(=O)CC(C)C. The summed E-state index contributed by atoms with van der Waals surface area (Å²) in [4.78, 5) is 30.1. The molecule has 6 nitrogen and oxygen atoms in total. The van der Waals surface area contributed by atoms with Crippen LogP contribution in [0.5, 0.6) is 0 Å². The minimum atomic E-state index is -0.370. The average Bonchev–Trinajstić information content (AvgIpc) is 2.73. The third-order valence-corrected chi connectivity index (χ3v) is 5.33. The zero-order valence-corrected chi connectivity index (χ0v) is 26.6. The lowest BCUT2D eigenvalue weighted by molar-refractivity contribution is -0.130. The first-order chi connectivity index (χ1) is 16.9. The fraction of sp³-hybridized carbons (Fsp3) is 0.871. The van der Waals surface area contributed by atoms with E-state index in [2.05, 4.69) is 76.7 Å². The van der Waals surface area contributed by atoms with Gasteiger partial charge in [-0.15, -0.1) is 0 Å². The lowest BCUT2D eigenvalue weighted by Crippen LogP contribution is -2.45. The van der Waals surface area contributed by atoms with Crippen LogP contribution < -0.4 is 16.1 Å². The Hall–Kier alpha value is -1.40. The molecule has 0 saturated carbocycles. The third kappa shape index (κ3) is 27.5. The van der Waals surface area contributed by atoms with E-state index in [1.54, 1.807) is 0 Å². The zero-order valence-electron chi connectivity index (χ0n) is 26.6. The molecule has 0 aliphatic rings. The number of allylic oxidation sites excluding steroid dienone is 2. The maximum absolute atomic E-state index is 12.7. The van der Waals surface area contributed by atoms with E-state index in [1.165, 1.54) is 6.42 Å². The van der Waals surface area contributed by atoms with E-state index >= 15 is 0 Å². The lowest BCUT2D eigenvalue weighted by atomic mass is 9.85. The van der Waals surface area contributed by atoms with Crippen LogP contribution in [0.15, 0.2) is 12.2 Å². The summed E-state index contributed by atoms with van der Waals surface area (Å²) in [6.45, 7) is 26.7. The summed E-state index contributed by atoms with van der Waals surface area (Å²) in [6.07, 6.45) is 11.5. The van der Waals surface area contributed by atoms with Crippen LogP contribution >= 0.6 is 0 Å². The second-order valence-electron chi connectivity index (χ2n) is 13.9. The van der Waals surface area contributed by atoms with Gasteiger partial charge in [0.2, 0.25) is 11.8 Å². The van der Waals surface area contributed by atoms with Gasteiger partial charge in [-0.05, 0) is 43.9 Å². The van der Waals surface area contributed by atoms with E-state index in [4.69, 9.17) is 4.84 Å². The number of hydrogen-bond donors (Lipinski definition) is 3. The highest BCUT2D eigenvalue weighted by atomic mass is 16.6. The molecule has 0 spiro atoms. The molecular formula is C31H63N3O3. The maximum Gasteiger partial charge on any atom is 0.225 e. The van der Waals surface area contributed by atoms with Crippen molar-refractivity contribution in [2.45, 2.75) is 134 Å². The number of unbranched alkanes of at least 4 members (excludes halogenated alkanes) is 3. The number of hydroxylamine groups is 1. The van der Waals surface area contributed by atoms with Gasteiger partial charge in [-0.2, -0.15) is 5.48 Å². The van der Waals surface area contributed by atoms with Crippen LogP contribution in [0.2, 0.25) is 0 Å². The largest absolute Gasteiger partial charge is 0.355 e. The first-order valence-electron chi connectivity index (χ1n) is 14.5. The summed E-state index contributed by atoms with van der Waals surface area (Å²) in [6, 6.07) is 0.00672. The normalized spacial score (nSPS) is 13.3. The molecule has 0 rings (SSSR count). The van der Waals surface area contributed by atoms with Gasteiger partial charge in [0.25, 0.3) is 0 Å². The standard InChI is InChI=1S/C26H51N3O3.C5H12/c1-9-10-11-12-13-14-15-16-26(7,8)24(31)28-19-25(5,6)20-32-29-22(4)18-27-23(30)17-21(2)3;1-5(2,3)4/h11-12,21-22,29H,9-10,13-20H2,1-8H3,(H,27,30)(H,28,31);1-4H3/b12-11-;. The Labute approximate surface area is 230 Å². The first-order valence-corrected chi connectivity index (χ1v) is 14.5. The number of rotatable bonds is 18. The average molecular weight is 526 g/mol. The van der Waals surface area contributed by atoms with E-state index in [0.29, 0.717) is 37.5 Å². The molecule has 0 radical (unpaired) electrons. The molecule has 220 valence electrons. The van der Waals surface area contributed by atoms with Gasteiger partial charge < -0.3 is 15.5 Å². The van der Waals surface area contributed by atoms with Crippen molar-refractivity contribution in [1.82, 2.24) is 16.1 Å². The third-order valence-electron chi connectivity index (χ3n) is 5.33. The van der Waals surface area contributed by atoms with Crippen molar-refractivity contribution >= 4 is 11.8 Å². The van der Waals surface area contributed by atoms with Gasteiger partial charge in [-0.3, -0.25) is 9.59 Å². The Morgan fingerprint density at radius 1 is 0.865 bits per heavy atom. The summed E-state index contributed by atoms with van der Waals surface area (Å²) >= 11 is 0. The Bertz CT molecular complexity index is 628. The zero-order chi connectivity index (χ0) is 29.1. The molecule has 0 aliphatic heterocycles. The molecule has 3 N–H and O–H groups in total. The van der Waals surface area contributed by atoms with E-state index in [0.717, 1.165) is 32.1 Å². The van der Waals surface area contributed by atoms with Crippen LogP contribution in [-0.4, -0.2) is 37.6 Å². The minimum Gasteiger partial charge on any atom is -0.355 e. The van der Waals surface area contributed by atoms with Crippen LogP contribution in [0.3, 0.4) is 0 Å². The first kappa shape index (κ1) is 37.8. The number of carbonyl (C=O) groups is 2. The topological polar surface area (TPSA) is 79.5 Å². The molecule has 37 heavy (non-hydrogen) atoms. The Morgan fingerprint density at radius 3 is 1.97 bits per heavy atom. The molecule has 2 amide bonds. The van der Waals surface area contributed by atoms with Crippen molar-refractivity contribution in [3.63, 3.8) is 0 Å². The highest BCUT2D eigenvalue weighted by Crippen LogP contribution is 2.25. The number of amides is 2. The Kier molecular flexibility index (Phi) is 20.0. The second-order valence-corrected chi connectivity index (χ2v) is 13.9. The quantitative estimate of drug-likeness (QED) is 0.100. The van der Waals surface area contributed by atoms with Crippen molar-refractivity contribution in [3.8, 4) is 0 Å². The fourth-order valence-corrected chi connectivity index (χ4v) is 3.09. The fourth-order valence-electron chi connectivity index (χ4n) is 3.09. The molecule has 1 atom stereocenters. The molecule has 6 heteroatoms. The van der Waals surface area contributed by atoms with Gasteiger partial charge in [0.05, 0.1) is 6.61 Å². The molecule has 0 heterocycles. The van der Waals surface area contributed by atoms with Crippen LogP contribution in [0.1, 0.15) is 128 Å². The van der Waals surface area contributed by atoms with E-state index in [1.807, 2.05) is 34.6 Å². The molecule has 0 bridgehead atoms. The second kappa shape index (κ2) is 19.6. The summed E-state index contributed by atoms with van der Waals surface area (Å²) in [5.41, 5.74) is 2.91. The van der Waals surface area contributed by atoms with Gasteiger partial charge in [-0.1, -0.05) is 101 Å². The van der Waals surface area contributed by atoms with E-state index in [9.17, 15) is 9.59 Å². The highest BCUT2D eigenvalue weighted by Gasteiger charge is 2.29. The monoisotopic (exact) mass is 525 g/mol. The molecule has 0 aromatic carbocycles. The van der Waals surface area contributed by atoms with Crippen molar-refractivity contribution in [1.29, 1.82) is 0 Å². The van der Waals surface area contributed by atoms with Gasteiger partial charge in [-0.25, -0.2) is 0 Å². The predicted octanol–water partition coefficient (Wildman–Crippen LogP) is 7.20. The van der Waals surface area contributed by atoms with Crippen molar-refractivity contribution < 1.29 is 14.4 Å². The predicted molar refractivity (Wildman–Crippen MR) is 159 cm³/mol. The summed E-state index contributed by atoms with van der Waals surface area (Å²) < 4.78 is 0. The number of nitrogens with one attached hydrogen (secondary N) is 3. The molecule has 0 aromatic rings. The number of hydrogen-bond acceptors (Lipinski definition) is 4. The smallest absolute Gasteiger partial charge is 0.225 e. The molecule has 0 aliphatic carbocycles. The summed E-state index contributed by atoms with van der Waals surface area (Å²) in [7, 11) is 0. The van der Waals surface area contributed by atoms with Crippen LogP contribution in [0.4, 0.5) is 0 Å². The minimum absolute atomic E-state index is 0.00672. The van der Waals surface area contributed by atoms with Crippen LogP contribution in [0.25, 0.3) is 0 Å². The summed E-state index contributed by atoms with van der Waals surface area (Å²) in [5.74, 6) is 0.511. The van der Waals surface area contributed by atoms with Gasteiger partial charge in [0.15, 0.2) is 0 Å². The molecular weight excluding hydrogens is 462 g/mol. The van der Waals surface area contributed by atoms with Crippen molar-refractivity contribution in [2.24, 2.45) is 22.2 Å². The Morgan fingerprint density at radius 2 is 1.43 bits per heavy atom. The maximum atomic E-state index is 12.7. The lowest BCUT2D eigenvalue weighted by Gasteiger charge is -2.29. The molecule has 0 fully saturated rings. The molecule has 0 saturated heterocycles. The van der Waals surface area contributed by atoms with Crippen LogP contribution in [-0.2, 0) is 14.4 Å². The van der Waals surface area contributed by atoms with E-state index in [-0.39, 0.29) is 28.7 Å². The summed E-state index contributed by atoms with van der Waals surface area (Å²) in [5, 5.41) is 6.02. The van der Waals surface area contributed by atoms with Gasteiger partial charge in [0.1, 0.15) is 0 Å². The number of carbonyl (C=O) groups excluding carboxylic acids is 2.